The molecule has 0 saturated heterocycles. The Balaban J connectivity index is 2.27. The summed E-state index contributed by atoms with van der Waals surface area (Å²) in [4.78, 5) is 13.9. The normalized spacial score (nSPS) is 13.2. The predicted molar refractivity (Wildman–Crippen MR) is 106 cm³/mol. The zero-order chi connectivity index (χ0) is 19.4. The molecule has 0 aliphatic carbocycles. The van der Waals surface area contributed by atoms with Crippen LogP contribution in [0.3, 0.4) is 0 Å². The average Bonchev–Trinajstić information content (AvgIpc) is 3.10. The molecule has 140 valence electrons. The Labute approximate surface area is 159 Å². The Bertz CT molecular complexity index is 866. The fraction of sp³-hybridized carbons (Fsp3) is 0.316. The van der Waals surface area contributed by atoms with Crippen molar-refractivity contribution in [3.63, 3.8) is 0 Å². The monoisotopic (exact) mass is 392 g/mol. The zero-order valence-corrected chi connectivity index (χ0v) is 16.8. The Hall–Kier alpha value is -1.96. The van der Waals surface area contributed by atoms with E-state index >= 15 is 0 Å². The van der Waals surface area contributed by atoms with Crippen LogP contribution >= 0.6 is 11.3 Å². The van der Waals surface area contributed by atoms with Crippen molar-refractivity contribution >= 4 is 27.3 Å². The van der Waals surface area contributed by atoms with Crippen molar-refractivity contribution in [2.75, 3.05) is 6.54 Å². The lowest BCUT2D eigenvalue weighted by molar-refractivity contribution is 0.0903. The predicted octanol–water partition coefficient (Wildman–Crippen LogP) is 3.73. The van der Waals surface area contributed by atoms with Gasteiger partial charge in [-0.05, 0) is 35.1 Å². The molecule has 0 spiro atoms. The van der Waals surface area contributed by atoms with Crippen LogP contribution < -0.4 is 10.0 Å². The molecule has 2 rings (SSSR count). The van der Waals surface area contributed by atoms with E-state index in [-0.39, 0.29) is 28.8 Å². The van der Waals surface area contributed by atoms with E-state index < -0.39 is 10.0 Å². The summed E-state index contributed by atoms with van der Waals surface area (Å²) in [6.45, 7) is 9.78. The molecule has 0 saturated carbocycles. The van der Waals surface area contributed by atoms with Crippen LogP contribution in [0.15, 0.2) is 59.3 Å². The third-order valence-electron chi connectivity index (χ3n) is 3.79. The van der Waals surface area contributed by atoms with Gasteiger partial charge in [-0.2, -0.15) is 0 Å². The molecule has 1 aromatic carbocycles. The van der Waals surface area contributed by atoms with Crippen molar-refractivity contribution in [3.8, 4) is 0 Å². The van der Waals surface area contributed by atoms with Crippen LogP contribution in [0, 0.1) is 5.41 Å². The van der Waals surface area contributed by atoms with Gasteiger partial charge in [0.25, 0.3) is 5.91 Å². The highest BCUT2D eigenvalue weighted by molar-refractivity contribution is 7.89. The van der Waals surface area contributed by atoms with Crippen LogP contribution in [0.4, 0.5) is 0 Å². The Morgan fingerprint density at radius 1 is 1.27 bits per heavy atom. The molecule has 2 aromatic rings. The highest BCUT2D eigenvalue weighted by Gasteiger charge is 2.29. The summed E-state index contributed by atoms with van der Waals surface area (Å²) in [5, 5.41) is 5.01. The molecule has 0 aliphatic heterocycles. The second kappa shape index (κ2) is 8.16. The molecular weight excluding hydrogens is 368 g/mol. The van der Waals surface area contributed by atoms with Gasteiger partial charge in [0.15, 0.2) is 0 Å². The number of carbonyl (C=O) groups is 1. The van der Waals surface area contributed by atoms with Crippen molar-refractivity contribution < 1.29 is 13.2 Å². The maximum absolute atomic E-state index is 12.8. The molecule has 7 heteroatoms. The summed E-state index contributed by atoms with van der Waals surface area (Å²) in [7, 11) is -3.68. The molecule has 1 atom stereocenters. The molecule has 1 heterocycles. The SMILES string of the molecule is C=CCNS(=O)(=O)c1cccc(C(=O)N[C@H](c2cccs2)C(C)(C)C)c1. The quantitative estimate of drug-likeness (QED) is 0.705. The number of rotatable bonds is 7. The summed E-state index contributed by atoms with van der Waals surface area (Å²) in [6, 6.07) is 9.78. The highest BCUT2D eigenvalue weighted by Crippen LogP contribution is 2.35. The third-order valence-corrected chi connectivity index (χ3v) is 6.15. The third kappa shape index (κ3) is 5.03. The Kier molecular flexibility index (Phi) is 6.39. The lowest BCUT2D eigenvalue weighted by Crippen LogP contribution is -2.36. The molecular formula is C19H24N2O3S2. The molecule has 26 heavy (non-hydrogen) atoms. The summed E-state index contributed by atoms with van der Waals surface area (Å²) < 4.78 is 26.9. The van der Waals surface area contributed by atoms with Gasteiger partial charge in [0.1, 0.15) is 0 Å². The van der Waals surface area contributed by atoms with Gasteiger partial charge < -0.3 is 5.32 Å². The lowest BCUT2D eigenvalue weighted by atomic mass is 9.85. The molecule has 1 aromatic heterocycles. The van der Waals surface area contributed by atoms with Crippen molar-refractivity contribution in [2.45, 2.75) is 31.7 Å². The van der Waals surface area contributed by atoms with Crippen molar-refractivity contribution in [2.24, 2.45) is 5.41 Å². The standard InChI is InChI=1S/C19H24N2O3S2/c1-5-11-20-26(23,24)15-9-6-8-14(13-15)18(22)21-17(19(2,3)4)16-10-7-12-25-16/h5-10,12-13,17,20H,1,11H2,2-4H3,(H,21,22)/t17-/m1/s1. The molecule has 5 nitrogen and oxygen atoms in total. The van der Waals surface area contributed by atoms with Crippen LogP contribution in [0.2, 0.25) is 0 Å². The molecule has 0 fully saturated rings. The number of hydrogen-bond donors (Lipinski definition) is 2. The maximum Gasteiger partial charge on any atom is 0.251 e. The van der Waals surface area contributed by atoms with Gasteiger partial charge >= 0.3 is 0 Å². The maximum atomic E-state index is 12.8. The van der Waals surface area contributed by atoms with Gasteiger partial charge in [0.05, 0.1) is 10.9 Å². The van der Waals surface area contributed by atoms with Crippen LogP contribution in [0.1, 0.15) is 42.0 Å². The van der Waals surface area contributed by atoms with E-state index in [4.69, 9.17) is 0 Å². The van der Waals surface area contributed by atoms with Crippen molar-refractivity contribution in [1.29, 1.82) is 0 Å². The first kappa shape index (κ1) is 20.4. The van der Waals surface area contributed by atoms with E-state index in [0.717, 1.165) is 4.88 Å². The van der Waals surface area contributed by atoms with E-state index in [9.17, 15) is 13.2 Å². The molecule has 2 N–H and O–H groups in total. The van der Waals surface area contributed by atoms with E-state index in [1.165, 1.54) is 18.2 Å². The fourth-order valence-corrected chi connectivity index (χ4v) is 4.50. The number of hydrogen-bond acceptors (Lipinski definition) is 4. The summed E-state index contributed by atoms with van der Waals surface area (Å²) in [6.07, 6.45) is 1.46. The second-order valence-electron chi connectivity index (χ2n) is 6.96. The van der Waals surface area contributed by atoms with Gasteiger partial charge in [0.2, 0.25) is 10.0 Å². The van der Waals surface area contributed by atoms with Crippen LogP contribution in [0.25, 0.3) is 0 Å². The summed E-state index contributed by atoms with van der Waals surface area (Å²) >= 11 is 1.58. The number of benzene rings is 1. The molecule has 0 bridgehead atoms. The number of sulfonamides is 1. The minimum Gasteiger partial charge on any atom is -0.344 e. The van der Waals surface area contributed by atoms with Crippen molar-refractivity contribution in [3.05, 3.63) is 64.9 Å². The lowest BCUT2D eigenvalue weighted by Gasteiger charge is -2.30. The number of nitrogens with one attached hydrogen (secondary N) is 2. The van der Waals surface area contributed by atoms with Crippen molar-refractivity contribution in [1.82, 2.24) is 10.0 Å². The largest absolute Gasteiger partial charge is 0.344 e. The molecule has 0 radical (unpaired) electrons. The topological polar surface area (TPSA) is 75.3 Å². The smallest absolute Gasteiger partial charge is 0.251 e. The second-order valence-corrected chi connectivity index (χ2v) is 9.70. The van der Waals surface area contributed by atoms with E-state index in [1.807, 2.05) is 17.5 Å². The first-order valence-corrected chi connectivity index (χ1v) is 10.6. The minimum absolute atomic E-state index is 0.0513. The summed E-state index contributed by atoms with van der Waals surface area (Å²) in [5.41, 5.74) is 0.118. The number of carbonyl (C=O) groups excluding carboxylic acids is 1. The van der Waals surface area contributed by atoms with Gasteiger partial charge in [-0.3, -0.25) is 4.79 Å². The summed E-state index contributed by atoms with van der Waals surface area (Å²) in [5.74, 6) is -0.306. The van der Waals surface area contributed by atoms with Crippen LogP contribution in [0.5, 0.6) is 0 Å². The van der Waals surface area contributed by atoms with Gasteiger partial charge in [-0.1, -0.05) is 39.0 Å². The van der Waals surface area contributed by atoms with Gasteiger partial charge in [0, 0.05) is 17.0 Å². The minimum atomic E-state index is -3.68. The fourth-order valence-electron chi connectivity index (χ4n) is 2.44. The van der Waals surface area contributed by atoms with E-state index in [1.54, 1.807) is 23.5 Å². The Morgan fingerprint density at radius 3 is 2.58 bits per heavy atom. The number of amides is 1. The van der Waals surface area contributed by atoms with E-state index in [0.29, 0.717) is 5.56 Å². The van der Waals surface area contributed by atoms with Crippen LogP contribution in [-0.2, 0) is 10.0 Å². The molecule has 1 amide bonds. The van der Waals surface area contributed by atoms with Crippen LogP contribution in [-0.4, -0.2) is 20.9 Å². The zero-order valence-electron chi connectivity index (χ0n) is 15.2. The first-order valence-electron chi connectivity index (χ1n) is 8.20. The molecule has 0 aliphatic rings. The highest BCUT2D eigenvalue weighted by atomic mass is 32.2. The molecule has 0 unspecified atom stereocenters. The Morgan fingerprint density at radius 2 is 2.00 bits per heavy atom. The number of thiophene rings is 1. The van der Waals surface area contributed by atoms with Gasteiger partial charge in [-0.25, -0.2) is 13.1 Å². The van der Waals surface area contributed by atoms with Gasteiger partial charge in [-0.15, -0.1) is 17.9 Å². The van der Waals surface area contributed by atoms with E-state index in [2.05, 4.69) is 37.4 Å². The average molecular weight is 393 g/mol. The first-order chi connectivity index (χ1) is 12.1.